The molecule has 0 aliphatic rings. The molecule has 0 aliphatic heterocycles. The van der Waals surface area contributed by atoms with E-state index in [-0.39, 0.29) is 26.4 Å². The predicted octanol–water partition coefficient (Wildman–Crippen LogP) is 2.82. The van der Waals surface area contributed by atoms with Crippen LogP contribution in [0.4, 0.5) is 4.39 Å². The van der Waals surface area contributed by atoms with Gasteiger partial charge in [-0.05, 0) is 27.7 Å². The summed E-state index contributed by atoms with van der Waals surface area (Å²) in [5.41, 5.74) is -4.84. The largest absolute Gasteiger partial charge is 0.464 e. The number of alkyl halides is 1. The molecule has 0 saturated heterocycles. The number of esters is 2. The van der Waals surface area contributed by atoms with Gasteiger partial charge in [0.15, 0.2) is 0 Å². The normalized spacial score (nSPS) is 17.1. The summed E-state index contributed by atoms with van der Waals surface area (Å²) < 4.78 is 49.1. The van der Waals surface area contributed by atoms with E-state index >= 15 is 4.39 Å². The van der Waals surface area contributed by atoms with Crippen LogP contribution in [0, 0.1) is 5.41 Å². The Labute approximate surface area is 153 Å². The van der Waals surface area contributed by atoms with Crippen LogP contribution in [0.25, 0.3) is 0 Å². The number of aliphatic hydroxyl groups is 1. The highest BCUT2D eigenvalue weighted by Gasteiger charge is 2.78. The van der Waals surface area contributed by atoms with Gasteiger partial charge in [0.1, 0.15) is 0 Å². The van der Waals surface area contributed by atoms with Crippen molar-refractivity contribution in [3.05, 3.63) is 0 Å². The van der Waals surface area contributed by atoms with Gasteiger partial charge in [0, 0.05) is 5.41 Å². The first-order valence-electron chi connectivity index (χ1n) is 8.48. The Balaban J connectivity index is 6.92. The zero-order chi connectivity index (χ0) is 20.8. The summed E-state index contributed by atoms with van der Waals surface area (Å²) in [6, 6.07) is 0. The molecule has 0 saturated carbocycles. The van der Waals surface area contributed by atoms with Crippen molar-refractivity contribution < 1.29 is 42.2 Å². The van der Waals surface area contributed by atoms with E-state index in [0.717, 1.165) is 0 Å². The fourth-order valence-corrected chi connectivity index (χ4v) is 4.63. The minimum atomic E-state index is -5.01. The average Bonchev–Trinajstić information content (AvgIpc) is 2.52. The van der Waals surface area contributed by atoms with E-state index in [1.54, 1.807) is 0 Å². The Kier molecular flexibility index (Phi) is 8.90. The molecule has 0 radical (unpaired) electrons. The van der Waals surface area contributed by atoms with Crippen molar-refractivity contribution in [2.75, 3.05) is 26.4 Å². The molecule has 154 valence electrons. The molecule has 26 heavy (non-hydrogen) atoms. The number of halogens is 1. The van der Waals surface area contributed by atoms with E-state index in [4.69, 9.17) is 18.5 Å². The minimum absolute atomic E-state index is 0.205. The molecule has 1 N–H and O–H groups in total. The number of ether oxygens (including phenoxy) is 2. The van der Waals surface area contributed by atoms with Gasteiger partial charge in [-0.3, -0.25) is 4.57 Å². The predicted molar refractivity (Wildman–Crippen MR) is 92.4 cm³/mol. The third kappa shape index (κ3) is 4.11. The Morgan fingerprint density at radius 2 is 1.27 bits per heavy atom. The van der Waals surface area contributed by atoms with Gasteiger partial charge >= 0.3 is 24.9 Å². The van der Waals surface area contributed by atoms with Crippen LogP contribution in [0.2, 0.25) is 0 Å². The van der Waals surface area contributed by atoms with Crippen LogP contribution in [0.5, 0.6) is 0 Å². The fraction of sp³-hybridized carbons (Fsp3) is 0.875. The maximum absolute atomic E-state index is 16.4. The second-order valence-corrected chi connectivity index (χ2v) is 8.48. The molecule has 0 aromatic carbocycles. The molecule has 0 spiro atoms. The highest BCUT2D eigenvalue weighted by Crippen LogP contribution is 2.68. The summed E-state index contributed by atoms with van der Waals surface area (Å²) >= 11 is 0. The summed E-state index contributed by atoms with van der Waals surface area (Å²) in [5, 5.41) is 7.33. The molecule has 0 fully saturated rings. The molecule has 0 rings (SSSR count). The van der Waals surface area contributed by atoms with Crippen molar-refractivity contribution in [3.8, 4) is 0 Å². The summed E-state index contributed by atoms with van der Waals surface area (Å²) in [4.78, 5) is 25.1. The first kappa shape index (κ1) is 25.0. The third-order valence-corrected chi connectivity index (χ3v) is 6.11. The average molecular weight is 400 g/mol. The van der Waals surface area contributed by atoms with Gasteiger partial charge in [-0.2, -0.15) is 0 Å². The Morgan fingerprint density at radius 3 is 1.58 bits per heavy atom. The summed E-state index contributed by atoms with van der Waals surface area (Å²) in [6.07, 6.45) is 0. The lowest BCUT2D eigenvalue weighted by atomic mass is 9.73. The van der Waals surface area contributed by atoms with Gasteiger partial charge in [0.2, 0.25) is 5.60 Å². The van der Waals surface area contributed by atoms with Gasteiger partial charge in [-0.15, -0.1) is 0 Å². The van der Waals surface area contributed by atoms with E-state index in [9.17, 15) is 19.3 Å². The van der Waals surface area contributed by atoms with E-state index < -0.39 is 36.0 Å². The maximum Gasteiger partial charge on any atom is 0.383 e. The Hall–Kier alpha value is -1.02. The lowest BCUT2D eigenvalue weighted by Gasteiger charge is -2.46. The quantitative estimate of drug-likeness (QED) is 0.441. The molecule has 0 heterocycles. The van der Waals surface area contributed by atoms with E-state index in [1.165, 1.54) is 48.5 Å². The molecule has 10 heteroatoms. The van der Waals surface area contributed by atoms with Crippen LogP contribution in [0.1, 0.15) is 48.5 Å². The molecule has 2 unspecified atom stereocenters. The Bertz CT molecular complexity index is 537. The van der Waals surface area contributed by atoms with Crippen molar-refractivity contribution in [1.29, 1.82) is 0 Å². The highest BCUT2D eigenvalue weighted by molar-refractivity contribution is 7.56. The monoisotopic (exact) mass is 400 g/mol. The first-order valence-corrected chi connectivity index (χ1v) is 10.0. The smallest absolute Gasteiger partial charge is 0.383 e. The SMILES string of the molecule is CCOC(=O)C(O)(C(C)(C)C)C(F)(C(=O)OCC)P(=O)(OCC)OCC. The number of hydrogen-bond acceptors (Lipinski definition) is 8. The maximum atomic E-state index is 16.4. The van der Waals surface area contributed by atoms with Crippen LogP contribution in [0.3, 0.4) is 0 Å². The van der Waals surface area contributed by atoms with Crippen molar-refractivity contribution in [3.63, 3.8) is 0 Å². The molecule has 8 nitrogen and oxygen atoms in total. The fourth-order valence-electron chi connectivity index (χ4n) is 2.41. The lowest BCUT2D eigenvalue weighted by molar-refractivity contribution is -0.208. The van der Waals surface area contributed by atoms with Gasteiger partial charge in [0.05, 0.1) is 26.4 Å². The molecule has 0 amide bonds. The zero-order valence-electron chi connectivity index (χ0n) is 16.5. The van der Waals surface area contributed by atoms with Crippen molar-refractivity contribution in [2.24, 2.45) is 5.41 Å². The minimum Gasteiger partial charge on any atom is -0.464 e. The van der Waals surface area contributed by atoms with Crippen LogP contribution in [-0.4, -0.2) is 54.5 Å². The van der Waals surface area contributed by atoms with E-state index in [0.29, 0.717) is 0 Å². The molecule has 0 aromatic heterocycles. The van der Waals surface area contributed by atoms with Crippen LogP contribution < -0.4 is 0 Å². The second-order valence-electron chi connectivity index (χ2n) is 6.36. The van der Waals surface area contributed by atoms with Crippen LogP contribution >= 0.6 is 7.60 Å². The molecular formula is C16H30FO8P. The van der Waals surface area contributed by atoms with Crippen LogP contribution in [0.15, 0.2) is 0 Å². The van der Waals surface area contributed by atoms with Gasteiger partial charge in [0.25, 0.3) is 0 Å². The zero-order valence-corrected chi connectivity index (χ0v) is 17.4. The molecule has 2 atom stereocenters. The summed E-state index contributed by atoms with van der Waals surface area (Å²) in [6.45, 7) is 8.42. The molecule has 0 aliphatic carbocycles. The molecule has 0 bridgehead atoms. The van der Waals surface area contributed by atoms with Crippen molar-refractivity contribution in [2.45, 2.75) is 59.5 Å². The topological polar surface area (TPSA) is 108 Å². The number of hydrogen-bond donors (Lipinski definition) is 1. The number of carbonyl (C=O) groups excluding carboxylic acids is 2. The number of carbonyl (C=O) groups is 2. The molecular weight excluding hydrogens is 370 g/mol. The standard InChI is InChI=1S/C16H30FO8P/c1-8-22-12(18)15(20,14(5,6)7)16(17,13(19)23-9-2)26(21,24-10-3)25-11-4/h20H,8-11H2,1-7H3. The lowest BCUT2D eigenvalue weighted by Crippen LogP contribution is -2.68. The molecule has 0 aromatic rings. The van der Waals surface area contributed by atoms with Gasteiger partial charge < -0.3 is 23.6 Å². The van der Waals surface area contributed by atoms with Gasteiger partial charge in [-0.1, -0.05) is 20.8 Å². The Morgan fingerprint density at radius 1 is 0.885 bits per heavy atom. The van der Waals surface area contributed by atoms with Crippen molar-refractivity contribution in [1.82, 2.24) is 0 Å². The summed E-state index contributed by atoms with van der Waals surface area (Å²) in [5.74, 6) is -3.20. The summed E-state index contributed by atoms with van der Waals surface area (Å²) in [7, 11) is -5.01. The number of rotatable bonds is 10. The van der Waals surface area contributed by atoms with E-state index in [1.807, 2.05) is 0 Å². The highest BCUT2D eigenvalue weighted by atomic mass is 31.2. The van der Waals surface area contributed by atoms with Gasteiger partial charge in [-0.25, -0.2) is 14.0 Å². The van der Waals surface area contributed by atoms with E-state index in [2.05, 4.69) is 0 Å². The third-order valence-electron chi connectivity index (χ3n) is 3.66. The van der Waals surface area contributed by atoms with Crippen LogP contribution in [-0.2, 0) is 32.7 Å². The van der Waals surface area contributed by atoms with Crippen molar-refractivity contribution >= 4 is 19.5 Å². The first-order chi connectivity index (χ1) is 11.8. The second kappa shape index (κ2) is 9.26.